The predicted molar refractivity (Wildman–Crippen MR) is 83.0 cm³/mol. The van der Waals surface area contributed by atoms with E-state index in [0.29, 0.717) is 24.1 Å². The number of guanidine groups is 1. The van der Waals surface area contributed by atoms with Gasteiger partial charge in [-0.05, 0) is 19.1 Å². The number of pyridine rings is 1. The molecule has 2 rings (SSSR count). The second-order valence-corrected chi connectivity index (χ2v) is 5.44. The van der Waals surface area contributed by atoms with Crippen LogP contribution < -0.4 is 10.6 Å². The SMILES string of the molecule is CCNC(=NCc1ccccn1)NCc1nc(C(F)(F)F)cs1. The third-order valence-corrected chi connectivity index (χ3v) is 3.57. The van der Waals surface area contributed by atoms with Gasteiger partial charge in [0.1, 0.15) is 5.01 Å². The molecule has 5 nitrogen and oxygen atoms in total. The fourth-order valence-electron chi connectivity index (χ4n) is 1.68. The summed E-state index contributed by atoms with van der Waals surface area (Å²) in [5.41, 5.74) is -0.0620. The Hall–Kier alpha value is -2.16. The highest BCUT2D eigenvalue weighted by atomic mass is 32.1. The van der Waals surface area contributed by atoms with Gasteiger partial charge >= 0.3 is 6.18 Å². The number of rotatable bonds is 5. The van der Waals surface area contributed by atoms with Gasteiger partial charge < -0.3 is 10.6 Å². The van der Waals surface area contributed by atoms with E-state index in [0.717, 1.165) is 22.4 Å². The Kier molecular flexibility index (Phi) is 5.91. The number of nitrogens with one attached hydrogen (secondary N) is 2. The number of halogens is 3. The second kappa shape index (κ2) is 7.91. The molecule has 2 heterocycles. The van der Waals surface area contributed by atoms with Gasteiger partial charge in [-0.15, -0.1) is 11.3 Å². The van der Waals surface area contributed by atoms with E-state index in [2.05, 4.69) is 25.6 Å². The molecule has 0 spiro atoms. The van der Waals surface area contributed by atoms with Crippen molar-refractivity contribution in [3.63, 3.8) is 0 Å². The number of aliphatic imine (C=N–C) groups is 1. The zero-order chi connectivity index (χ0) is 16.7. The molecule has 2 N–H and O–H groups in total. The van der Waals surface area contributed by atoms with Crippen LogP contribution in [-0.4, -0.2) is 22.5 Å². The lowest BCUT2D eigenvalue weighted by Crippen LogP contribution is -2.36. The zero-order valence-corrected chi connectivity index (χ0v) is 13.2. The van der Waals surface area contributed by atoms with E-state index in [4.69, 9.17) is 0 Å². The third kappa shape index (κ3) is 5.51. The summed E-state index contributed by atoms with van der Waals surface area (Å²) < 4.78 is 37.5. The lowest BCUT2D eigenvalue weighted by Gasteiger charge is -2.10. The second-order valence-electron chi connectivity index (χ2n) is 4.49. The first-order chi connectivity index (χ1) is 11.0. The van der Waals surface area contributed by atoms with Gasteiger partial charge in [-0.3, -0.25) is 4.98 Å². The molecule has 0 atom stereocenters. The van der Waals surface area contributed by atoms with Crippen LogP contribution in [0.4, 0.5) is 13.2 Å². The molecule has 2 aromatic rings. The zero-order valence-electron chi connectivity index (χ0n) is 12.4. The molecule has 23 heavy (non-hydrogen) atoms. The fraction of sp³-hybridized carbons (Fsp3) is 0.357. The molecule has 0 radical (unpaired) electrons. The van der Waals surface area contributed by atoms with E-state index in [1.807, 2.05) is 25.1 Å². The van der Waals surface area contributed by atoms with Gasteiger partial charge in [0.25, 0.3) is 0 Å². The van der Waals surface area contributed by atoms with Gasteiger partial charge in [-0.25, -0.2) is 9.98 Å². The van der Waals surface area contributed by atoms with Crippen LogP contribution in [0.15, 0.2) is 34.8 Å². The summed E-state index contributed by atoms with van der Waals surface area (Å²) in [5, 5.41) is 7.35. The van der Waals surface area contributed by atoms with Gasteiger partial charge in [-0.2, -0.15) is 13.2 Å². The molecule has 9 heteroatoms. The first-order valence-corrected chi connectivity index (χ1v) is 7.80. The molecule has 0 saturated carbocycles. The van der Waals surface area contributed by atoms with E-state index >= 15 is 0 Å². The molecular weight excluding hydrogens is 327 g/mol. The summed E-state index contributed by atoms with van der Waals surface area (Å²) in [6.07, 6.45) is -2.73. The maximum atomic E-state index is 12.5. The smallest absolute Gasteiger partial charge is 0.357 e. The summed E-state index contributed by atoms with van der Waals surface area (Å²) in [6.45, 7) is 3.10. The summed E-state index contributed by atoms with van der Waals surface area (Å²) >= 11 is 0.962. The summed E-state index contributed by atoms with van der Waals surface area (Å²) in [5.74, 6) is 0.502. The lowest BCUT2D eigenvalue weighted by atomic mass is 10.3. The van der Waals surface area contributed by atoms with Crippen molar-refractivity contribution in [3.8, 4) is 0 Å². The van der Waals surface area contributed by atoms with E-state index in [1.54, 1.807) is 6.20 Å². The van der Waals surface area contributed by atoms with E-state index in [9.17, 15) is 13.2 Å². The van der Waals surface area contributed by atoms with Crippen LogP contribution in [0.3, 0.4) is 0 Å². The number of aromatic nitrogens is 2. The predicted octanol–water partition coefficient (Wildman–Crippen LogP) is 2.81. The Bertz CT molecular complexity index is 639. The quantitative estimate of drug-likeness (QED) is 0.647. The molecule has 0 aliphatic heterocycles. The molecular formula is C14H16F3N5S. The normalized spacial score (nSPS) is 12.3. The van der Waals surface area contributed by atoms with Crippen molar-refractivity contribution in [1.82, 2.24) is 20.6 Å². The highest BCUT2D eigenvalue weighted by molar-refractivity contribution is 7.09. The summed E-state index contributed by atoms with van der Waals surface area (Å²) in [6, 6.07) is 5.54. The van der Waals surface area contributed by atoms with Crippen molar-refractivity contribution in [2.45, 2.75) is 26.2 Å². The highest BCUT2D eigenvalue weighted by Crippen LogP contribution is 2.29. The average molecular weight is 343 g/mol. The van der Waals surface area contributed by atoms with Crippen LogP contribution in [0.1, 0.15) is 23.3 Å². The van der Waals surface area contributed by atoms with Crippen molar-refractivity contribution < 1.29 is 13.2 Å². The number of thiazole rings is 1. The van der Waals surface area contributed by atoms with Gasteiger partial charge in [0.2, 0.25) is 0 Å². The van der Waals surface area contributed by atoms with Crippen LogP contribution in [0, 0.1) is 0 Å². The minimum Gasteiger partial charge on any atom is -0.357 e. The van der Waals surface area contributed by atoms with E-state index in [-0.39, 0.29) is 6.54 Å². The number of hydrogen-bond acceptors (Lipinski definition) is 4. The van der Waals surface area contributed by atoms with Gasteiger partial charge in [0, 0.05) is 18.1 Å². The number of alkyl halides is 3. The first kappa shape index (κ1) is 17.2. The Labute approximate surface area is 135 Å². The molecule has 0 aliphatic rings. The maximum Gasteiger partial charge on any atom is 0.434 e. The maximum absolute atomic E-state index is 12.5. The van der Waals surface area contributed by atoms with Crippen molar-refractivity contribution in [2.24, 2.45) is 4.99 Å². The van der Waals surface area contributed by atoms with Crippen LogP contribution in [-0.2, 0) is 19.3 Å². The van der Waals surface area contributed by atoms with Crippen molar-refractivity contribution in [3.05, 3.63) is 46.2 Å². The summed E-state index contributed by atoms with van der Waals surface area (Å²) in [7, 11) is 0. The number of nitrogens with zero attached hydrogens (tertiary/aromatic N) is 3. The Morgan fingerprint density at radius 1 is 1.30 bits per heavy atom. The van der Waals surface area contributed by atoms with E-state index < -0.39 is 11.9 Å². The van der Waals surface area contributed by atoms with Crippen LogP contribution >= 0.6 is 11.3 Å². The topological polar surface area (TPSA) is 62.2 Å². The minimum atomic E-state index is -4.41. The van der Waals surface area contributed by atoms with Gasteiger partial charge in [0.05, 0.1) is 18.8 Å². The molecule has 2 aromatic heterocycles. The van der Waals surface area contributed by atoms with Crippen molar-refractivity contribution in [1.29, 1.82) is 0 Å². The average Bonchev–Trinajstić information content (AvgIpc) is 3.00. The monoisotopic (exact) mass is 343 g/mol. The first-order valence-electron chi connectivity index (χ1n) is 6.92. The molecule has 0 aliphatic carbocycles. The molecule has 0 bridgehead atoms. The highest BCUT2D eigenvalue weighted by Gasteiger charge is 2.33. The molecule has 0 unspecified atom stereocenters. The van der Waals surface area contributed by atoms with Crippen LogP contribution in [0.25, 0.3) is 0 Å². The minimum absolute atomic E-state index is 0.175. The van der Waals surface area contributed by atoms with E-state index in [1.165, 1.54) is 0 Å². The largest absolute Gasteiger partial charge is 0.434 e. The molecule has 124 valence electrons. The lowest BCUT2D eigenvalue weighted by molar-refractivity contribution is -0.140. The standard InChI is InChI=1S/C14H16F3N5S/c1-2-18-13(20-7-10-5-3-4-6-19-10)21-8-12-22-11(9-23-12)14(15,16)17/h3-6,9H,2,7-8H2,1H3,(H2,18,20,21). The summed E-state index contributed by atoms with van der Waals surface area (Å²) in [4.78, 5) is 12.1. The Morgan fingerprint density at radius 2 is 2.13 bits per heavy atom. The molecule has 0 saturated heterocycles. The van der Waals surface area contributed by atoms with Crippen LogP contribution in [0.5, 0.6) is 0 Å². The Balaban J connectivity index is 1.95. The Morgan fingerprint density at radius 3 is 2.74 bits per heavy atom. The van der Waals surface area contributed by atoms with Gasteiger partial charge in [0.15, 0.2) is 11.7 Å². The third-order valence-electron chi connectivity index (χ3n) is 2.72. The number of hydrogen-bond donors (Lipinski definition) is 2. The molecule has 0 aromatic carbocycles. The van der Waals surface area contributed by atoms with Crippen molar-refractivity contribution >= 4 is 17.3 Å². The fourth-order valence-corrected chi connectivity index (χ4v) is 2.42. The molecule has 0 amide bonds. The van der Waals surface area contributed by atoms with Crippen molar-refractivity contribution in [2.75, 3.05) is 6.54 Å². The molecule has 0 fully saturated rings. The van der Waals surface area contributed by atoms with Crippen LogP contribution in [0.2, 0.25) is 0 Å². The van der Waals surface area contributed by atoms with Gasteiger partial charge in [-0.1, -0.05) is 6.07 Å².